The zero-order chi connectivity index (χ0) is 13.0. The number of nitrogens with one attached hydrogen (secondary N) is 1. The van der Waals surface area contributed by atoms with Crippen molar-refractivity contribution in [3.8, 4) is 0 Å². The molecule has 0 aliphatic carbocycles. The van der Waals surface area contributed by atoms with E-state index in [4.69, 9.17) is 0 Å². The Morgan fingerprint density at radius 1 is 1.28 bits per heavy atom. The zero-order valence-electron chi connectivity index (χ0n) is 10.9. The number of halogens is 1. The smallest absolute Gasteiger partial charge is 0.123 e. The lowest BCUT2D eigenvalue weighted by atomic mass is 10.1. The summed E-state index contributed by atoms with van der Waals surface area (Å²) in [6, 6.07) is 11.0. The van der Waals surface area contributed by atoms with Gasteiger partial charge < -0.3 is 9.88 Å². The summed E-state index contributed by atoms with van der Waals surface area (Å²) in [6.07, 6.45) is 2.07. The lowest BCUT2D eigenvalue weighted by Gasteiger charge is -2.15. The van der Waals surface area contributed by atoms with Gasteiger partial charge in [0.25, 0.3) is 0 Å². The van der Waals surface area contributed by atoms with Crippen LogP contribution in [0.3, 0.4) is 0 Å². The van der Waals surface area contributed by atoms with E-state index in [0.29, 0.717) is 0 Å². The first-order valence-corrected chi connectivity index (χ1v) is 6.33. The largest absolute Gasteiger partial charge is 0.351 e. The van der Waals surface area contributed by atoms with E-state index in [1.54, 1.807) is 12.1 Å². The van der Waals surface area contributed by atoms with E-state index < -0.39 is 0 Å². The van der Waals surface area contributed by atoms with Crippen molar-refractivity contribution in [2.45, 2.75) is 33.0 Å². The summed E-state index contributed by atoms with van der Waals surface area (Å²) < 4.78 is 15.3. The molecule has 2 rings (SSSR count). The normalized spacial score (nSPS) is 12.6. The van der Waals surface area contributed by atoms with Gasteiger partial charge in [-0.15, -0.1) is 0 Å². The molecule has 0 saturated carbocycles. The molecule has 1 aromatic heterocycles. The Morgan fingerprint density at radius 3 is 2.83 bits per heavy atom. The minimum Gasteiger partial charge on any atom is -0.351 e. The molecule has 0 unspecified atom stereocenters. The zero-order valence-corrected chi connectivity index (χ0v) is 10.9. The lowest BCUT2D eigenvalue weighted by Crippen LogP contribution is -2.20. The van der Waals surface area contributed by atoms with Crippen LogP contribution in [0.4, 0.5) is 4.39 Å². The van der Waals surface area contributed by atoms with Gasteiger partial charge in [-0.25, -0.2) is 4.39 Å². The van der Waals surface area contributed by atoms with Crippen LogP contribution in [-0.4, -0.2) is 4.57 Å². The third kappa shape index (κ3) is 2.99. The van der Waals surface area contributed by atoms with Gasteiger partial charge in [-0.05, 0) is 43.7 Å². The highest BCUT2D eigenvalue weighted by molar-refractivity contribution is 5.19. The quantitative estimate of drug-likeness (QED) is 0.854. The summed E-state index contributed by atoms with van der Waals surface area (Å²) in [6.45, 7) is 5.93. The number of nitrogens with zero attached hydrogens (tertiary/aromatic N) is 1. The highest BCUT2D eigenvalue weighted by Crippen LogP contribution is 2.14. The fourth-order valence-corrected chi connectivity index (χ4v) is 2.07. The van der Waals surface area contributed by atoms with Gasteiger partial charge in [0.05, 0.1) is 0 Å². The summed E-state index contributed by atoms with van der Waals surface area (Å²) in [5.74, 6) is -0.182. The maximum absolute atomic E-state index is 13.1. The Hall–Kier alpha value is -1.61. The first-order chi connectivity index (χ1) is 8.70. The van der Waals surface area contributed by atoms with Crippen LogP contribution in [0, 0.1) is 5.82 Å². The van der Waals surface area contributed by atoms with Crippen molar-refractivity contribution >= 4 is 0 Å². The highest BCUT2D eigenvalue weighted by atomic mass is 19.1. The maximum Gasteiger partial charge on any atom is 0.123 e. The summed E-state index contributed by atoms with van der Waals surface area (Å²) in [5.41, 5.74) is 2.23. The van der Waals surface area contributed by atoms with Crippen molar-refractivity contribution in [3.05, 3.63) is 59.7 Å². The molecule has 1 aromatic carbocycles. The van der Waals surface area contributed by atoms with Crippen LogP contribution in [0.1, 0.15) is 31.1 Å². The molecule has 0 aliphatic heterocycles. The molecule has 0 spiro atoms. The van der Waals surface area contributed by atoms with E-state index in [9.17, 15) is 4.39 Å². The summed E-state index contributed by atoms with van der Waals surface area (Å²) in [7, 11) is 0. The molecule has 96 valence electrons. The van der Waals surface area contributed by atoms with Crippen LogP contribution in [0.5, 0.6) is 0 Å². The number of aromatic nitrogens is 1. The Labute approximate surface area is 107 Å². The first-order valence-electron chi connectivity index (χ1n) is 6.33. The van der Waals surface area contributed by atoms with Crippen molar-refractivity contribution in [1.82, 2.24) is 9.88 Å². The van der Waals surface area contributed by atoms with Crippen LogP contribution in [0.15, 0.2) is 42.6 Å². The van der Waals surface area contributed by atoms with Crippen LogP contribution < -0.4 is 5.32 Å². The third-order valence-electron chi connectivity index (χ3n) is 3.20. The monoisotopic (exact) mass is 246 g/mol. The van der Waals surface area contributed by atoms with Crippen molar-refractivity contribution < 1.29 is 4.39 Å². The number of aryl methyl sites for hydroxylation is 1. The van der Waals surface area contributed by atoms with Gasteiger partial charge in [0.15, 0.2) is 0 Å². The maximum atomic E-state index is 13.1. The molecule has 1 N–H and O–H groups in total. The fourth-order valence-electron chi connectivity index (χ4n) is 2.07. The molecular weight excluding hydrogens is 227 g/mol. The molecule has 0 radical (unpaired) electrons. The SMILES string of the molecule is CCn1cccc1CN[C@@H](C)c1cccc(F)c1. The fraction of sp³-hybridized carbons (Fsp3) is 0.333. The van der Waals surface area contributed by atoms with Crippen LogP contribution in [-0.2, 0) is 13.1 Å². The lowest BCUT2D eigenvalue weighted by molar-refractivity contribution is 0.544. The Kier molecular flexibility index (Phi) is 4.15. The molecule has 0 fully saturated rings. The average molecular weight is 246 g/mol. The van der Waals surface area contributed by atoms with E-state index in [2.05, 4.69) is 29.1 Å². The molecule has 2 nitrogen and oxygen atoms in total. The van der Waals surface area contributed by atoms with Crippen molar-refractivity contribution in [3.63, 3.8) is 0 Å². The molecule has 18 heavy (non-hydrogen) atoms. The van der Waals surface area contributed by atoms with Gasteiger partial charge in [0.2, 0.25) is 0 Å². The van der Waals surface area contributed by atoms with Crippen LogP contribution in [0.2, 0.25) is 0 Å². The molecule has 3 heteroatoms. The number of rotatable bonds is 5. The highest BCUT2D eigenvalue weighted by Gasteiger charge is 2.06. The Morgan fingerprint density at radius 2 is 2.11 bits per heavy atom. The number of benzene rings is 1. The predicted molar refractivity (Wildman–Crippen MR) is 71.8 cm³/mol. The Balaban J connectivity index is 1.98. The van der Waals surface area contributed by atoms with Crippen molar-refractivity contribution in [1.29, 1.82) is 0 Å². The van der Waals surface area contributed by atoms with E-state index in [-0.39, 0.29) is 11.9 Å². The molecule has 0 saturated heterocycles. The van der Waals surface area contributed by atoms with Crippen molar-refractivity contribution in [2.75, 3.05) is 0 Å². The van der Waals surface area contributed by atoms with Crippen LogP contribution >= 0.6 is 0 Å². The van der Waals surface area contributed by atoms with Gasteiger partial charge >= 0.3 is 0 Å². The van der Waals surface area contributed by atoms with E-state index in [1.165, 1.54) is 11.8 Å². The standard InChI is InChI=1S/C15H19FN2/c1-3-18-9-5-8-15(18)11-17-12(2)13-6-4-7-14(16)10-13/h4-10,12,17H,3,11H2,1-2H3/t12-/m0/s1. The molecule has 0 amide bonds. The van der Waals surface area contributed by atoms with E-state index in [1.807, 2.05) is 19.1 Å². The third-order valence-corrected chi connectivity index (χ3v) is 3.20. The Bertz CT molecular complexity index is 505. The second kappa shape index (κ2) is 5.83. The molecule has 0 bridgehead atoms. The van der Waals surface area contributed by atoms with E-state index >= 15 is 0 Å². The van der Waals surface area contributed by atoms with Gasteiger partial charge in [-0.1, -0.05) is 12.1 Å². The second-order valence-electron chi connectivity index (χ2n) is 4.44. The molecule has 1 atom stereocenters. The summed E-state index contributed by atoms with van der Waals surface area (Å²) in [4.78, 5) is 0. The topological polar surface area (TPSA) is 17.0 Å². The van der Waals surface area contributed by atoms with Crippen LogP contribution in [0.25, 0.3) is 0 Å². The number of hydrogen-bond acceptors (Lipinski definition) is 1. The molecule has 2 aromatic rings. The molecule has 1 heterocycles. The van der Waals surface area contributed by atoms with E-state index in [0.717, 1.165) is 18.7 Å². The predicted octanol–water partition coefficient (Wildman–Crippen LogP) is 3.50. The average Bonchev–Trinajstić information content (AvgIpc) is 2.83. The minimum absolute atomic E-state index is 0.140. The van der Waals surface area contributed by atoms with Gasteiger partial charge in [0, 0.05) is 31.0 Å². The van der Waals surface area contributed by atoms with Gasteiger partial charge in [0.1, 0.15) is 5.82 Å². The number of hydrogen-bond donors (Lipinski definition) is 1. The summed E-state index contributed by atoms with van der Waals surface area (Å²) in [5, 5.41) is 3.42. The molecular formula is C15H19FN2. The molecule has 0 aliphatic rings. The summed E-state index contributed by atoms with van der Waals surface area (Å²) >= 11 is 0. The van der Waals surface area contributed by atoms with Gasteiger partial charge in [-0.3, -0.25) is 0 Å². The van der Waals surface area contributed by atoms with Crippen molar-refractivity contribution in [2.24, 2.45) is 0 Å². The first kappa shape index (κ1) is 12.8. The van der Waals surface area contributed by atoms with Gasteiger partial charge in [-0.2, -0.15) is 0 Å². The minimum atomic E-state index is -0.182. The second-order valence-corrected chi connectivity index (χ2v) is 4.44.